The predicted molar refractivity (Wildman–Crippen MR) is 88.0 cm³/mol. The van der Waals surface area contributed by atoms with Crippen LogP contribution in [0.1, 0.15) is 18.5 Å². The summed E-state index contributed by atoms with van der Waals surface area (Å²) in [7, 11) is -2.94. The highest BCUT2D eigenvalue weighted by Crippen LogP contribution is 2.31. The standard InChI is InChI=1S/C16H19F3N2O2S/c1-11-9-13-14(20-12-5-7-24(22,23)8-6-12)3-2-4-15(13)21(11)10-16(17,18)19/h2-4,9,12,20H,5-8,10H2,1H3. The number of halogens is 3. The summed E-state index contributed by atoms with van der Waals surface area (Å²) in [6.45, 7) is 0.635. The molecule has 24 heavy (non-hydrogen) atoms. The Hall–Kier alpha value is -1.70. The van der Waals surface area contributed by atoms with E-state index in [1.165, 1.54) is 4.57 Å². The van der Waals surface area contributed by atoms with Gasteiger partial charge in [-0.25, -0.2) is 8.42 Å². The maximum Gasteiger partial charge on any atom is 0.406 e. The van der Waals surface area contributed by atoms with Crippen LogP contribution in [0.15, 0.2) is 24.3 Å². The number of benzene rings is 1. The summed E-state index contributed by atoms with van der Waals surface area (Å²) in [5.74, 6) is 0.295. The SMILES string of the molecule is Cc1cc2c(NC3CCS(=O)(=O)CC3)cccc2n1CC(F)(F)F. The molecule has 3 rings (SSSR count). The van der Waals surface area contributed by atoms with Gasteiger partial charge in [0.05, 0.1) is 17.0 Å². The number of hydrogen-bond acceptors (Lipinski definition) is 3. The molecular weight excluding hydrogens is 341 g/mol. The van der Waals surface area contributed by atoms with Crippen LogP contribution in [0.4, 0.5) is 18.9 Å². The molecular formula is C16H19F3N2O2S. The normalized spacial score (nSPS) is 18.8. The molecule has 0 aliphatic carbocycles. The Morgan fingerprint density at radius 1 is 1.25 bits per heavy atom. The van der Waals surface area contributed by atoms with Crippen molar-refractivity contribution >= 4 is 26.4 Å². The van der Waals surface area contributed by atoms with Crippen LogP contribution >= 0.6 is 0 Å². The minimum Gasteiger partial charge on any atom is -0.382 e. The van der Waals surface area contributed by atoms with Crippen LogP contribution < -0.4 is 5.32 Å². The highest BCUT2D eigenvalue weighted by Gasteiger charge is 2.29. The Balaban J connectivity index is 1.89. The molecule has 1 fully saturated rings. The number of sulfone groups is 1. The summed E-state index contributed by atoms with van der Waals surface area (Å²) in [4.78, 5) is 0. The lowest BCUT2D eigenvalue weighted by molar-refractivity contribution is -0.140. The van der Waals surface area contributed by atoms with Crippen molar-refractivity contribution in [2.24, 2.45) is 0 Å². The molecule has 0 saturated carbocycles. The number of hydrogen-bond donors (Lipinski definition) is 1. The van der Waals surface area contributed by atoms with Gasteiger partial charge in [-0.2, -0.15) is 13.2 Å². The molecule has 0 atom stereocenters. The van der Waals surface area contributed by atoms with E-state index in [2.05, 4.69) is 5.32 Å². The number of fused-ring (bicyclic) bond motifs is 1. The highest BCUT2D eigenvalue weighted by atomic mass is 32.2. The van der Waals surface area contributed by atoms with Crippen molar-refractivity contribution in [2.45, 2.75) is 38.5 Å². The van der Waals surface area contributed by atoms with Crippen molar-refractivity contribution < 1.29 is 21.6 Å². The maximum atomic E-state index is 12.8. The molecule has 1 aliphatic heterocycles. The third-order valence-electron chi connectivity index (χ3n) is 4.40. The van der Waals surface area contributed by atoms with E-state index in [1.54, 1.807) is 25.1 Å². The van der Waals surface area contributed by atoms with Crippen LogP contribution in [0.25, 0.3) is 10.9 Å². The molecule has 1 aliphatic rings. The van der Waals surface area contributed by atoms with E-state index in [0.29, 0.717) is 24.1 Å². The number of rotatable bonds is 3. The average molecular weight is 360 g/mol. The summed E-state index contributed by atoms with van der Waals surface area (Å²) in [6.07, 6.45) is -3.25. The van der Waals surface area contributed by atoms with Gasteiger partial charge in [-0.3, -0.25) is 0 Å². The van der Waals surface area contributed by atoms with Crippen molar-refractivity contribution in [2.75, 3.05) is 16.8 Å². The van der Waals surface area contributed by atoms with Crippen LogP contribution in [-0.4, -0.2) is 36.7 Å². The van der Waals surface area contributed by atoms with Crippen molar-refractivity contribution in [3.63, 3.8) is 0 Å². The Kier molecular flexibility index (Phi) is 4.27. The Bertz CT molecular complexity index is 842. The lowest BCUT2D eigenvalue weighted by Gasteiger charge is -2.24. The first-order chi connectivity index (χ1) is 11.1. The third kappa shape index (κ3) is 3.68. The molecule has 1 aromatic heterocycles. The summed E-state index contributed by atoms with van der Waals surface area (Å²) in [5.41, 5.74) is 1.82. The molecule has 1 N–H and O–H groups in total. The second-order valence-corrected chi connectivity index (χ2v) is 8.60. The smallest absolute Gasteiger partial charge is 0.382 e. The average Bonchev–Trinajstić information content (AvgIpc) is 2.77. The number of anilines is 1. The van der Waals surface area contributed by atoms with Gasteiger partial charge in [-0.15, -0.1) is 0 Å². The van der Waals surface area contributed by atoms with Crippen LogP contribution in [0.3, 0.4) is 0 Å². The first kappa shape index (κ1) is 17.1. The molecule has 1 saturated heterocycles. The summed E-state index contributed by atoms with van der Waals surface area (Å²) in [6, 6.07) is 6.97. The van der Waals surface area contributed by atoms with E-state index < -0.39 is 22.6 Å². The van der Waals surface area contributed by atoms with E-state index in [0.717, 1.165) is 11.1 Å². The summed E-state index contributed by atoms with van der Waals surface area (Å²) >= 11 is 0. The fraction of sp³-hybridized carbons (Fsp3) is 0.500. The van der Waals surface area contributed by atoms with Gasteiger partial charge in [-0.1, -0.05) is 6.07 Å². The van der Waals surface area contributed by atoms with Gasteiger partial charge in [0.15, 0.2) is 0 Å². The van der Waals surface area contributed by atoms with E-state index in [4.69, 9.17) is 0 Å². The van der Waals surface area contributed by atoms with E-state index in [-0.39, 0.29) is 17.5 Å². The molecule has 132 valence electrons. The van der Waals surface area contributed by atoms with Crippen LogP contribution in [0.2, 0.25) is 0 Å². The quantitative estimate of drug-likeness (QED) is 0.911. The van der Waals surface area contributed by atoms with Crippen molar-refractivity contribution in [1.29, 1.82) is 0 Å². The van der Waals surface area contributed by atoms with Gasteiger partial charge in [-0.05, 0) is 38.0 Å². The topological polar surface area (TPSA) is 51.1 Å². The van der Waals surface area contributed by atoms with Gasteiger partial charge < -0.3 is 9.88 Å². The fourth-order valence-electron chi connectivity index (χ4n) is 3.19. The van der Waals surface area contributed by atoms with Gasteiger partial charge >= 0.3 is 6.18 Å². The zero-order chi connectivity index (χ0) is 17.5. The first-order valence-corrected chi connectivity index (χ1v) is 9.59. The molecule has 2 aromatic rings. The lowest BCUT2D eigenvalue weighted by Crippen LogP contribution is -2.32. The van der Waals surface area contributed by atoms with Crippen LogP contribution in [0.5, 0.6) is 0 Å². The minimum absolute atomic E-state index is 0.0189. The Morgan fingerprint density at radius 3 is 2.54 bits per heavy atom. The lowest BCUT2D eigenvalue weighted by atomic mass is 10.1. The predicted octanol–water partition coefficient (Wildman–Crippen LogP) is 3.50. The molecule has 0 spiro atoms. The molecule has 0 radical (unpaired) electrons. The Morgan fingerprint density at radius 2 is 1.92 bits per heavy atom. The number of aryl methyl sites for hydroxylation is 1. The second-order valence-electron chi connectivity index (χ2n) is 6.30. The van der Waals surface area contributed by atoms with Gasteiger partial charge in [0.1, 0.15) is 16.4 Å². The molecule has 4 nitrogen and oxygen atoms in total. The molecule has 2 heterocycles. The third-order valence-corrected chi connectivity index (χ3v) is 6.12. The van der Waals surface area contributed by atoms with Crippen molar-refractivity contribution in [3.8, 4) is 0 Å². The molecule has 0 amide bonds. The monoisotopic (exact) mass is 360 g/mol. The molecule has 0 unspecified atom stereocenters. The number of nitrogens with one attached hydrogen (secondary N) is 1. The van der Waals surface area contributed by atoms with Crippen molar-refractivity contribution in [3.05, 3.63) is 30.0 Å². The van der Waals surface area contributed by atoms with Crippen LogP contribution in [-0.2, 0) is 16.4 Å². The molecule has 0 bridgehead atoms. The number of aromatic nitrogens is 1. The molecule has 1 aromatic carbocycles. The largest absolute Gasteiger partial charge is 0.406 e. The van der Waals surface area contributed by atoms with E-state index in [9.17, 15) is 21.6 Å². The summed E-state index contributed by atoms with van der Waals surface area (Å²) in [5, 5.41) is 4.04. The maximum absolute atomic E-state index is 12.8. The van der Waals surface area contributed by atoms with Crippen molar-refractivity contribution in [1.82, 2.24) is 4.57 Å². The van der Waals surface area contributed by atoms with E-state index >= 15 is 0 Å². The number of alkyl halides is 3. The number of nitrogens with zero attached hydrogens (tertiary/aromatic N) is 1. The van der Waals surface area contributed by atoms with Gasteiger partial charge in [0.2, 0.25) is 0 Å². The van der Waals surface area contributed by atoms with Gasteiger partial charge in [0, 0.05) is 22.8 Å². The Labute approximate surface area is 138 Å². The minimum atomic E-state index is -4.28. The zero-order valence-corrected chi connectivity index (χ0v) is 14.0. The van der Waals surface area contributed by atoms with Crippen LogP contribution in [0, 0.1) is 6.92 Å². The zero-order valence-electron chi connectivity index (χ0n) is 13.2. The summed E-state index contributed by atoms with van der Waals surface area (Å²) < 4.78 is 62.6. The fourth-order valence-corrected chi connectivity index (χ4v) is 4.68. The first-order valence-electron chi connectivity index (χ1n) is 7.77. The van der Waals surface area contributed by atoms with E-state index in [1.807, 2.05) is 6.07 Å². The second kappa shape index (κ2) is 5.98. The highest BCUT2D eigenvalue weighted by molar-refractivity contribution is 7.91. The molecule has 8 heteroatoms. The van der Waals surface area contributed by atoms with Gasteiger partial charge in [0.25, 0.3) is 0 Å².